The molecule has 0 saturated carbocycles. The fraction of sp³-hybridized carbons (Fsp3) is 0.368. The number of methoxy groups -OCH3 is 1. The Balaban J connectivity index is 2.09. The van der Waals surface area contributed by atoms with Gasteiger partial charge >= 0.3 is 5.97 Å². The molecule has 0 spiro atoms. The van der Waals surface area contributed by atoms with Crippen molar-refractivity contribution in [3.05, 3.63) is 50.4 Å². The zero-order chi connectivity index (χ0) is 19.6. The van der Waals surface area contributed by atoms with Crippen LogP contribution in [0.4, 0.5) is 10.1 Å². The second kappa shape index (κ2) is 8.37. The molecule has 144 valence electrons. The lowest BCUT2D eigenvalue weighted by Gasteiger charge is -2.34. The van der Waals surface area contributed by atoms with Gasteiger partial charge in [0.15, 0.2) is 0 Å². The lowest BCUT2D eigenvalue weighted by Crippen LogP contribution is -2.44. The van der Waals surface area contributed by atoms with Gasteiger partial charge in [0.25, 0.3) is 5.91 Å². The first kappa shape index (κ1) is 19.8. The van der Waals surface area contributed by atoms with Gasteiger partial charge in [-0.1, -0.05) is 11.6 Å². The molecule has 1 aromatic carbocycles. The van der Waals surface area contributed by atoms with Crippen LogP contribution in [0.25, 0.3) is 0 Å². The molecule has 2 aromatic rings. The maximum Gasteiger partial charge on any atom is 0.350 e. The topological polar surface area (TPSA) is 55.8 Å². The van der Waals surface area contributed by atoms with Crippen molar-refractivity contribution >= 4 is 40.5 Å². The SMILES string of the molecule is COC(=O)c1sc(C)cc1N(C(=O)c1ccc(Cl)cc1F)C1CCOCC1. The highest BCUT2D eigenvalue weighted by Crippen LogP contribution is 2.35. The van der Waals surface area contributed by atoms with Gasteiger partial charge < -0.3 is 14.4 Å². The van der Waals surface area contributed by atoms with E-state index >= 15 is 0 Å². The number of benzene rings is 1. The third kappa shape index (κ3) is 4.15. The van der Waals surface area contributed by atoms with E-state index in [-0.39, 0.29) is 16.6 Å². The molecule has 1 aromatic heterocycles. The molecule has 0 N–H and O–H groups in total. The minimum Gasteiger partial charge on any atom is -0.465 e. The summed E-state index contributed by atoms with van der Waals surface area (Å²) in [7, 11) is 1.29. The van der Waals surface area contributed by atoms with Gasteiger partial charge in [-0.05, 0) is 44.0 Å². The Morgan fingerprint density at radius 3 is 2.63 bits per heavy atom. The van der Waals surface area contributed by atoms with Crippen LogP contribution in [0.2, 0.25) is 5.02 Å². The summed E-state index contributed by atoms with van der Waals surface area (Å²) in [5.41, 5.74) is 0.348. The molecule has 0 unspecified atom stereocenters. The van der Waals surface area contributed by atoms with Gasteiger partial charge in [-0.3, -0.25) is 4.79 Å². The largest absolute Gasteiger partial charge is 0.465 e. The minimum atomic E-state index is -0.698. The molecule has 5 nitrogen and oxygen atoms in total. The standard InChI is InChI=1S/C19H19ClFNO4S/c1-11-9-16(17(27-11)19(24)25-2)22(13-5-7-26-8-6-13)18(23)14-4-3-12(20)10-15(14)21/h3-4,9-10,13H,5-8H2,1-2H3. The monoisotopic (exact) mass is 411 g/mol. The summed E-state index contributed by atoms with van der Waals surface area (Å²) in [6, 6.07) is 5.50. The van der Waals surface area contributed by atoms with Crippen LogP contribution in [0.15, 0.2) is 24.3 Å². The van der Waals surface area contributed by atoms with E-state index in [0.717, 1.165) is 10.9 Å². The number of rotatable bonds is 4. The molecule has 0 atom stereocenters. The number of esters is 1. The van der Waals surface area contributed by atoms with Gasteiger partial charge in [0.05, 0.1) is 18.4 Å². The third-order valence-electron chi connectivity index (χ3n) is 4.40. The van der Waals surface area contributed by atoms with Crippen molar-refractivity contribution in [3.8, 4) is 0 Å². The lowest BCUT2D eigenvalue weighted by molar-refractivity contribution is 0.0606. The maximum absolute atomic E-state index is 14.4. The number of carbonyl (C=O) groups is 2. The quantitative estimate of drug-likeness (QED) is 0.697. The molecule has 1 fully saturated rings. The Bertz CT molecular complexity index is 863. The van der Waals surface area contributed by atoms with E-state index in [0.29, 0.717) is 36.6 Å². The van der Waals surface area contributed by atoms with Gasteiger partial charge in [0, 0.05) is 29.2 Å². The lowest BCUT2D eigenvalue weighted by atomic mass is 10.0. The highest BCUT2D eigenvalue weighted by Gasteiger charge is 2.33. The first-order valence-electron chi connectivity index (χ1n) is 8.47. The average Bonchev–Trinajstić information content (AvgIpc) is 3.03. The number of nitrogens with zero attached hydrogens (tertiary/aromatic N) is 1. The number of aryl methyl sites for hydroxylation is 1. The Kier molecular flexibility index (Phi) is 6.14. The van der Waals surface area contributed by atoms with E-state index in [2.05, 4.69) is 0 Å². The summed E-state index contributed by atoms with van der Waals surface area (Å²) >= 11 is 7.06. The van der Waals surface area contributed by atoms with Crippen LogP contribution in [-0.4, -0.2) is 38.2 Å². The number of hydrogen-bond donors (Lipinski definition) is 0. The van der Waals surface area contributed by atoms with Crippen LogP contribution in [0.3, 0.4) is 0 Å². The molecule has 3 rings (SSSR count). The normalized spacial score (nSPS) is 14.8. The molecule has 1 aliphatic rings. The van der Waals surface area contributed by atoms with E-state index in [1.54, 1.807) is 6.07 Å². The molecule has 0 bridgehead atoms. The van der Waals surface area contributed by atoms with Crippen molar-refractivity contribution < 1.29 is 23.5 Å². The predicted molar refractivity (Wildman–Crippen MR) is 102 cm³/mol. The van der Waals surface area contributed by atoms with E-state index in [4.69, 9.17) is 21.1 Å². The molecule has 2 heterocycles. The third-order valence-corrected chi connectivity index (χ3v) is 5.66. The summed E-state index contributed by atoms with van der Waals surface area (Å²) < 4.78 is 24.7. The molecule has 0 radical (unpaired) electrons. The number of halogens is 2. The van der Waals surface area contributed by atoms with Crippen molar-refractivity contribution in [1.82, 2.24) is 0 Å². The molecular formula is C19H19ClFNO4S. The van der Waals surface area contributed by atoms with Gasteiger partial charge in [0.1, 0.15) is 10.7 Å². The number of ether oxygens (including phenoxy) is 2. The number of amides is 1. The highest BCUT2D eigenvalue weighted by atomic mass is 35.5. The van der Waals surface area contributed by atoms with Crippen LogP contribution in [0, 0.1) is 12.7 Å². The van der Waals surface area contributed by atoms with Crippen molar-refractivity contribution in [2.24, 2.45) is 0 Å². The van der Waals surface area contributed by atoms with Crippen molar-refractivity contribution in [1.29, 1.82) is 0 Å². The van der Waals surface area contributed by atoms with Gasteiger partial charge in [-0.15, -0.1) is 11.3 Å². The van der Waals surface area contributed by atoms with Gasteiger partial charge in [-0.25, -0.2) is 9.18 Å². The Labute approximate surface area is 165 Å². The average molecular weight is 412 g/mol. The summed E-state index contributed by atoms with van der Waals surface area (Å²) in [6.07, 6.45) is 1.19. The second-order valence-electron chi connectivity index (χ2n) is 6.21. The molecule has 1 amide bonds. The Hall–Kier alpha value is -1.96. The molecule has 1 aliphatic heterocycles. The van der Waals surface area contributed by atoms with Crippen molar-refractivity contribution in [2.75, 3.05) is 25.2 Å². The Morgan fingerprint density at radius 2 is 2.00 bits per heavy atom. The minimum absolute atomic E-state index is 0.0921. The molecule has 1 saturated heterocycles. The molecule has 0 aliphatic carbocycles. The fourth-order valence-corrected chi connectivity index (χ4v) is 4.21. The summed E-state index contributed by atoms with van der Waals surface area (Å²) in [5.74, 6) is -1.74. The molecule has 8 heteroatoms. The number of thiophene rings is 1. The second-order valence-corrected chi connectivity index (χ2v) is 7.90. The van der Waals surface area contributed by atoms with Crippen LogP contribution < -0.4 is 4.90 Å². The summed E-state index contributed by atoms with van der Waals surface area (Å²) in [4.78, 5) is 28.2. The summed E-state index contributed by atoms with van der Waals surface area (Å²) in [5, 5.41) is 0.211. The molecule has 27 heavy (non-hydrogen) atoms. The highest BCUT2D eigenvalue weighted by molar-refractivity contribution is 7.14. The van der Waals surface area contributed by atoms with Crippen LogP contribution in [0.5, 0.6) is 0 Å². The van der Waals surface area contributed by atoms with Gasteiger partial charge in [-0.2, -0.15) is 0 Å². The predicted octanol–water partition coefficient (Wildman–Crippen LogP) is 4.46. The van der Waals surface area contributed by atoms with Crippen LogP contribution in [-0.2, 0) is 9.47 Å². The first-order chi connectivity index (χ1) is 12.9. The Morgan fingerprint density at radius 1 is 1.30 bits per heavy atom. The van der Waals surface area contributed by atoms with E-state index in [1.807, 2.05) is 6.92 Å². The fourth-order valence-electron chi connectivity index (χ4n) is 3.13. The van der Waals surface area contributed by atoms with E-state index in [1.165, 1.54) is 35.5 Å². The molecular weight excluding hydrogens is 393 g/mol. The van der Waals surface area contributed by atoms with Crippen molar-refractivity contribution in [3.63, 3.8) is 0 Å². The van der Waals surface area contributed by atoms with E-state index in [9.17, 15) is 14.0 Å². The smallest absolute Gasteiger partial charge is 0.350 e. The van der Waals surface area contributed by atoms with Crippen molar-refractivity contribution in [2.45, 2.75) is 25.8 Å². The zero-order valence-corrected chi connectivity index (χ0v) is 16.5. The van der Waals surface area contributed by atoms with Gasteiger partial charge in [0.2, 0.25) is 0 Å². The number of carbonyl (C=O) groups excluding carboxylic acids is 2. The van der Waals surface area contributed by atoms with Crippen LogP contribution >= 0.6 is 22.9 Å². The van der Waals surface area contributed by atoms with E-state index < -0.39 is 17.7 Å². The summed E-state index contributed by atoms with van der Waals surface area (Å²) in [6.45, 7) is 2.83. The maximum atomic E-state index is 14.4. The number of hydrogen-bond acceptors (Lipinski definition) is 5. The zero-order valence-electron chi connectivity index (χ0n) is 15.0. The van der Waals surface area contributed by atoms with Crippen LogP contribution in [0.1, 0.15) is 37.7 Å². The number of anilines is 1. The first-order valence-corrected chi connectivity index (χ1v) is 9.67.